The molecule has 1 spiro atoms. The third-order valence-corrected chi connectivity index (χ3v) is 5.63. The van der Waals surface area contributed by atoms with Crippen molar-refractivity contribution in [2.24, 2.45) is 5.41 Å². The van der Waals surface area contributed by atoms with E-state index in [0.29, 0.717) is 38.8 Å². The van der Waals surface area contributed by atoms with E-state index in [0.717, 1.165) is 5.56 Å². The van der Waals surface area contributed by atoms with E-state index in [1.165, 1.54) is 5.56 Å². The Hall–Kier alpha value is -2.21. The SMILES string of the molecule is Cc1ccc(C(C(=O)N2CCC3(CC2)CC(=O)NC(=O)C3)N(C)C)cc1. The number of carbonyl (C=O) groups is 3. The van der Waals surface area contributed by atoms with Crippen LogP contribution >= 0.6 is 0 Å². The molecule has 2 saturated heterocycles. The summed E-state index contributed by atoms with van der Waals surface area (Å²) in [6, 6.07) is 7.74. The number of piperidine rings is 2. The van der Waals surface area contributed by atoms with Gasteiger partial charge < -0.3 is 4.90 Å². The first-order chi connectivity index (χ1) is 12.3. The summed E-state index contributed by atoms with van der Waals surface area (Å²) in [5.74, 6) is -0.293. The highest BCUT2D eigenvalue weighted by molar-refractivity contribution is 5.98. The summed E-state index contributed by atoms with van der Waals surface area (Å²) in [5, 5.41) is 2.38. The molecule has 6 heteroatoms. The molecule has 1 N–H and O–H groups in total. The first-order valence-corrected chi connectivity index (χ1v) is 9.14. The van der Waals surface area contributed by atoms with Crippen LogP contribution in [-0.2, 0) is 14.4 Å². The van der Waals surface area contributed by atoms with Crippen LogP contribution < -0.4 is 5.32 Å². The highest BCUT2D eigenvalue weighted by atomic mass is 16.2. The Bertz CT molecular complexity index is 686. The molecule has 1 aromatic carbocycles. The Morgan fingerprint density at radius 2 is 1.62 bits per heavy atom. The van der Waals surface area contributed by atoms with Crippen LogP contribution in [0.25, 0.3) is 0 Å². The standard InChI is InChI=1S/C20H27N3O3/c1-14-4-6-15(7-5-14)18(22(2)3)19(26)23-10-8-20(9-11-23)12-16(24)21-17(25)13-20/h4-7,18H,8-13H2,1-3H3,(H,21,24,25). The molecule has 0 saturated carbocycles. The summed E-state index contributed by atoms with van der Waals surface area (Å²) in [5.41, 5.74) is 1.88. The Balaban J connectivity index is 1.71. The molecule has 0 aromatic heterocycles. The van der Waals surface area contributed by atoms with Gasteiger partial charge in [-0.05, 0) is 44.8 Å². The molecule has 2 fully saturated rings. The molecular formula is C20H27N3O3. The minimum absolute atomic E-state index is 0.0836. The Morgan fingerprint density at radius 1 is 1.08 bits per heavy atom. The molecule has 1 atom stereocenters. The van der Waals surface area contributed by atoms with E-state index in [1.54, 1.807) is 0 Å². The maximum absolute atomic E-state index is 13.2. The smallest absolute Gasteiger partial charge is 0.244 e. The second kappa shape index (κ2) is 7.19. The van der Waals surface area contributed by atoms with Crippen LogP contribution in [0.1, 0.15) is 42.9 Å². The highest BCUT2D eigenvalue weighted by Crippen LogP contribution is 2.40. The van der Waals surface area contributed by atoms with E-state index in [-0.39, 0.29) is 29.2 Å². The van der Waals surface area contributed by atoms with Gasteiger partial charge in [0.05, 0.1) is 0 Å². The molecular weight excluding hydrogens is 330 g/mol. The number of nitrogens with zero attached hydrogens (tertiary/aromatic N) is 2. The molecule has 0 radical (unpaired) electrons. The predicted octanol–water partition coefficient (Wildman–Crippen LogP) is 1.64. The Kier molecular flexibility index (Phi) is 5.14. The number of likely N-dealkylation sites (N-methyl/N-ethyl adjacent to an activating group) is 1. The van der Waals surface area contributed by atoms with E-state index in [2.05, 4.69) is 5.32 Å². The van der Waals surface area contributed by atoms with Gasteiger partial charge in [0.15, 0.2) is 0 Å². The fourth-order valence-electron chi connectivity index (χ4n) is 4.13. The number of imide groups is 1. The van der Waals surface area contributed by atoms with Gasteiger partial charge in [-0.15, -0.1) is 0 Å². The number of rotatable bonds is 3. The van der Waals surface area contributed by atoms with Crippen molar-refractivity contribution in [3.05, 3.63) is 35.4 Å². The topological polar surface area (TPSA) is 69.7 Å². The minimum Gasteiger partial charge on any atom is -0.341 e. The number of hydrogen-bond acceptors (Lipinski definition) is 4. The van der Waals surface area contributed by atoms with Crippen molar-refractivity contribution < 1.29 is 14.4 Å². The number of hydrogen-bond donors (Lipinski definition) is 1. The van der Waals surface area contributed by atoms with Gasteiger partial charge in [-0.1, -0.05) is 29.8 Å². The number of amides is 3. The van der Waals surface area contributed by atoms with Crippen molar-refractivity contribution in [1.82, 2.24) is 15.1 Å². The zero-order chi connectivity index (χ0) is 18.9. The number of carbonyl (C=O) groups excluding carboxylic acids is 3. The lowest BCUT2D eigenvalue weighted by molar-refractivity contribution is -0.143. The lowest BCUT2D eigenvalue weighted by Gasteiger charge is -2.44. The first kappa shape index (κ1) is 18.6. The van der Waals surface area contributed by atoms with Crippen molar-refractivity contribution in [2.45, 2.75) is 38.6 Å². The van der Waals surface area contributed by atoms with Gasteiger partial charge in [0, 0.05) is 25.9 Å². The molecule has 3 rings (SSSR count). The van der Waals surface area contributed by atoms with Gasteiger partial charge in [-0.2, -0.15) is 0 Å². The van der Waals surface area contributed by atoms with Crippen molar-refractivity contribution >= 4 is 17.7 Å². The Morgan fingerprint density at radius 3 is 2.12 bits per heavy atom. The van der Waals surface area contributed by atoms with E-state index >= 15 is 0 Å². The molecule has 2 heterocycles. The minimum atomic E-state index is -0.319. The third-order valence-electron chi connectivity index (χ3n) is 5.63. The highest BCUT2D eigenvalue weighted by Gasteiger charge is 2.43. The van der Waals surface area contributed by atoms with Crippen LogP contribution in [0.3, 0.4) is 0 Å². The molecule has 0 aliphatic carbocycles. The van der Waals surface area contributed by atoms with E-state index in [9.17, 15) is 14.4 Å². The monoisotopic (exact) mass is 357 g/mol. The maximum Gasteiger partial charge on any atom is 0.244 e. The molecule has 140 valence electrons. The van der Waals surface area contributed by atoms with Crippen LogP contribution in [0.2, 0.25) is 0 Å². The number of likely N-dealkylation sites (tertiary alicyclic amines) is 1. The van der Waals surface area contributed by atoms with Crippen molar-refractivity contribution in [2.75, 3.05) is 27.2 Å². The quantitative estimate of drug-likeness (QED) is 0.835. The average molecular weight is 357 g/mol. The second-order valence-electron chi connectivity index (χ2n) is 7.93. The molecule has 2 aliphatic heterocycles. The molecule has 3 amide bonds. The number of nitrogens with one attached hydrogen (secondary N) is 1. The Labute approximate surface area is 154 Å². The summed E-state index contributed by atoms with van der Waals surface area (Å²) in [6.45, 7) is 3.22. The second-order valence-corrected chi connectivity index (χ2v) is 7.93. The summed E-state index contributed by atoms with van der Waals surface area (Å²) < 4.78 is 0. The van der Waals surface area contributed by atoms with Crippen LogP contribution in [-0.4, -0.2) is 54.7 Å². The average Bonchev–Trinajstić information content (AvgIpc) is 2.56. The van der Waals surface area contributed by atoms with Gasteiger partial charge in [0.25, 0.3) is 0 Å². The van der Waals surface area contributed by atoms with E-state index < -0.39 is 0 Å². The third kappa shape index (κ3) is 3.80. The summed E-state index contributed by atoms with van der Waals surface area (Å²) in [7, 11) is 3.83. The molecule has 2 aliphatic rings. The summed E-state index contributed by atoms with van der Waals surface area (Å²) in [6.07, 6.45) is 2.17. The van der Waals surface area contributed by atoms with Crippen LogP contribution in [0.15, 0.2) is 24.3 Å². The lowest BCUT2D eigenvalue weighted by Crippen LogP contribution is -2.52. The summed E-state index contributed by atoms with van der Waals surface area (Å²) >= 11 is 0. The van der Waals surface area contributed by atoms with Crippen LogP contribution in [0.5, 0.6) is 0 Å². The normalized spacial score (nSPS) is 21.0. The van der Waals surface area contributed by atoms with Crippen LogP contribution in [0.4, 0.5) is 0 Å². The number of benzene rings is 1. The molecule has 1 aromatic rings. The van der Waals surface area contributed by atoms with Crippen LogP contribution in [0, 0.1) is 12.3 Å². The molecule has 0 bridgehead atoms. The van der Waals surface area contributed by atoms with Gasteiger partial charge in [0.2, 0.25) is 17.7 Å². The number of aryl methyl sites for hydroxylation is 1. The zero-order valence-corrected chi connectivity index (χ0v) is 15.7. The fourth-order valence-corrected chi connectivity index (χ4v) is 4.13. The molecule has 1 unspecified atom stereocenters. The van der Waals surface area contributed by atoms with Gasteiger partial charge >= 0.3 is 0 Å². The molecule has 26 heavy (non-hydrogen) atoms. The van der Waals surface area contributed by atoms with Crippen molar-refractivity contribution in [3.63, 3.8) is 0 Å². The fraction of sp³-hybridized carbons (Fsp3) is 0.550. The maximum atomic E-state index is 13.2. The first-order valence-electron chi connectivity index (χ1n) is 9.14. The lowest BCUT2D eigenvalue weighted by atomic mass is 9.71. The summed E-state index contributed by atoms with van der Waals surface area (Å²) in [4.78, 5) is 40.5. The van der Waals surface area contributed by atoms with Crippen molar-refractivity contribution in [1.29, 1.82) is 0 Å². The zero-order valence-electron chi connectivity index (χ0n) is 15.7. The van der Waals surface area contributed by atoms with Gasteiger partial charge in [-0.3, -0.25) is 24.6 Å². The predicted molar refractivity (Wildman–Crippen MR) is 98.2 cm³/mol. The van der Waals surface area contributed by atoms with Gasteiger partial charge in [0.1, 0.15) is 6.04 Å². The van der Waals surface area contributed by atoms with Crippen molar-refractivity contribution in [3.8, 4) is 0 Å². The van der Waals surface area contributed by atoms with E-state index in [1.807, 2.05) is 55.1 Å². The largest absolute Gasteiger partial charge is 0.341 e. The van der Waals surface area contributed by atoms with Gasteiger partial charge in [-0.25, -0.2) is 0 Å². The molecule has 6 nitrogen and oxygen atoms in total. The van der Waals surface area contributed by atoms with E-state index in [4.69, 9.17) is 0 Å².